The monoisotopic (exact) mass is 277 g/mol. The molecule has 1 aromatic carbocycles. The van der Waals surface area contributed by atoms with Gasteiger partial charge in [0.15, 0.2) is 6.79 Å². The molecule has 0 aliphatic heterocycles. The maximum atomic E-state index is 9.08. The van der Waals surface area contributed by atoms with Crippen LogP contribution in [0.5, 0.6) is 0 Å². The van der Waals surface area contributed by atoms with Gasteiger partial charge in [-0.2, -0.15) is 0 Å². The van der Waals surface area contributed by atoms with Crippen LogP contribution in [0.4, 0.5) is 0 Å². The van der Waals surface area contributed by atoms with Crippen LogP contribution in [-0.2, 0) is 16.3 Å². The molecular weight excluding hydrogens is 267 g/mol. The SMILES string of the molecule is COC[O].Ic1cccc2c1C2. The number of hydrogen-bond donors (Lipinski definition) is 0. The Balaban J connectivity index is 0.000000157. The Morgan fingerprint density at radius 2 is 2.25 bits per heavy atom. The molecule has 0 atom stereocenters. The predicted molar refractivity (Wildman–Crippen MR) is 54.5 cm³/mol. The second-order valence-corrected chi connectivity index (χ2v) is 3.62. The molecule has 0 aromatic heterocycles. The van der Waals surface area contributed by atoms with Crippen LogP contribution in [-0.4, -0.2) is 13.9 Å². The fraction of sp³-hybridized carbons (Fsp3) is 0.333. The summed E-state index contributed by atoms with van der Waals surface area (Å²) in [5, 5.41) is 9.08. The second kappa shape index (κ2) is 4.79. The Bertz CT molecular complexity index is 259. The van der Waals surface area contributed by atoms with E-state index in [4.69, 9.17) is 5.11 Å². The molecule has 3 heteroatoms. The smallest absolute Gasteiger partial charge is 0.180 e. The van der Waals surface area contributed by atoms with Crippen molar-refractivity contribution >= 4 is 22.6 Å². The summed E-state index contributed by atoms with van der Waals surface area (Å²) in [6, 6.07) is 6.47. The van der Waals surface area contributed by atoms with Crippen molar-refractivity contribution < 1.29 is 9.84 Å². The molecule has 0 bridgehead atoms. The Hall–Kier alpha value is -0.130. The number of methoxy groups -OCH3 is 1. The Labute approximate surface area is 85.7 Å². The van der Waals surface area contributed by atoms with E-state index in [9.17, 15) is 0 Å². The molecule has 0 unspecified atom stereocenters. The molecule has 2 nitrogen and oxygen atoms in total. The van der Waals surface area contributed by atoms with Gasteiger partial charge in [0.2, 0.25) is 0 Å². The summed E-state index contributed by atoms with van der Waals surface area (Å²) < 4.78 is 5.42. The van der Waals surface area contributed by atoms with Crippen molar-refractivity contribution in [2.45, 2.75) is 6.42 Å². The lowest BCUT2D eigenvalue weighted by Gasteiger charge is -1.80. The van der Waals surface area contributed by atoms with Crippen LogP contribution in [0.3, 0.4) is 0 Å². The van der Waals surface area contributed by atoms with Crippen molar-refractivity contribution in [1.29, 1.82) is 0 Å². The first kappa shape index (κ1) is 9.95. The lowest BCUT2D eigenvalue weighted by molar-refractivity contribution is -0.0165. The number of benzene rings is 1. The zero-order valence-corrected chi connectivity index (χ0v) is 9.00. The van der Waals surface area contributed by atoms with Gasteiger partial charge in [-0.1, -0.05) is 12.1 Å². The molecule has 1 aliphatic carbocycles. The van der Waals surface area contributed by atoms with Crippen LogP contribution in [0, 0.1) is 3.57 Å². The lowest BCUT2D eigenvalue weighted by atomic mass is 10.4. The van der Waals surface area contributed by atoms with Crippen LogP contribution in [0.15, 0.2) is 18.2 Å². The summed E-state index contributed by atoms with van der Waals surface area (Å²) in [5.41, 5.74) is 3.10. The zero-order chi connectivity index (χ0) is 8.97. The minimum atomic E-state index is -0.431. The highest BCUT2D eigenvalue weighted by Crippen LogP contribution is 2.31. The van der Waals surface area contributed by atoms with Gasteiger partial charge in [0, 0.05) is 10.7 Å². The van der Waals surface area contributed by atoms with Gasteiger partial charge in [-0.05, 0) is 46.2 Å². The van der Waals surface area contributed by atoms with Crippen LogP contribution in [0.25, 0.3) is 0 Å². The lowest BCUT2D eigenvalue weighted by Crippen LogP contribution is -1.76. The maximum Gasteiger partial charge on any atom is 0.180 e. The van der Waals surface area contributed by atoms with Gasteiger partial charge in [0.25, 0.3) is 0 Å². The Morgan fingerprint density at radius 3 is 2.67 bits per heavy atom. The van der Waals surface area contributed by atoms with Gasteiger partial charge in [0.1, 0.15) is 0 Å². The van der Waals surface area contributed by atoms with E-state index in [0.717, 1.165) is 0 Å². The summed E-state index contributed by atoms with van der Waals surface area (Å²) in [6.45, 7) is -0.431. The molecule has 0 fully saturated rings. The van der Waals surface area contributed by atoms with Crippen LogP contribution >= 0.6 is 22.6 Å². The van der Waals surface area contributed by atoms with Crippen molar-refractivity contribution in [2.24, 2.45) is 0 Å². The Kier molecular flexibility index (Phi) is 3.97. The minimum absolute atomic E-state index is 0.431. The normalized spacial score (nSPS) is 11.2. The van der Waals surface area contributed by atoms with Crippen molar-refractivity contribution in [1.82, 2.24) is 0 Å². The van der Waals surface area contributed by atoms with Gasteiger partial charge in [-0.25, -0.2) is 5.11 Å². The number of rotatable bonds is 1. The minimum Gasteiger partial charge on any atom is -0.355 e. The Morgan fingerprint density at radius 1 is 1.58 bits per heavy atom. The van der Waals surface area contributed by atoms with E-state index in [1.165, 1.54) is 22.7 Å². The van der Waals surface area contributed by atoms with Gasteiger partial charge in [0.05, 0.1) is 0 Å². The molecule has 12 heavy (non-hydrogen) atoms. The van der Waals surface area contributed by atoms with E-state index in [-0.39, 0.29) is 0 Å². The molecule has 0 saturated heterocycles. The summed E-state index contributed by atoms with van der Waals surface area (Å²) >= 11 is 2.38. The molecule has 0 saturated carbocycles. The number of fused-ring (bicyclic) bond motifs is 1. The highest BCUT2D eigenvalue weighted by molar-refractivity contribution is 14.1. The van der Waals surface area contributed by atoms with Crippen molar-refractivity contribution in [2.75, 3.05) is 13.9 Å². The largest absolute Gasteiger partial charge is 0.355 e. The number of hydrogen-bond acceptors (Lipinski definition) is 1. The first-order valence-corrected chi connectivity index (χ1v) is 4.70. The third kappa shape index (κ3) is 2.73. The molecule has 1 aliphatic rings. The molecule has 2 rings (SSSR count). The molecule has 0 amide bonds. The third-order valence-electron chi connectivity index (χ3n) is 1.58. The number of ether oxygens (including phenoxy) is 1. The molecule has 0 N–H and O–H groups in total. The maximum absolute atomic E-state index is 9.08. The fourth-order valence-corrected chi connectivity index (χ4v) is 1.64. The quantitative estimate of drug-likeness (QED) is 0.580. The topological polar surface area (TPSA) is 29.1 Å². The first-order valence-electron chi connectivity index (χ1n) is 3.63. The molecule has 1 aromatic rings. The van der Waals surface area contributed by atoms with Gasteiger partial charge >= 0.3 is 0 Å². The molecule has 1 radical (unpaired) electrons. The highest BCUT2D eigenvalue weighted by Gasteiger charge is 2.17. The van der Waals surface area contributed by atoms with E-state index in [1.54, 1.807) is 5.56 Å². The fourth-order valence-electron chi connectivity index (χ4n) is 0.893. The number of halogens is 1. The summed E-state index contributed by atoms with van der Waals surface area (Å²) in [6.07, 6.45) is 1.24. The van der Waals surface area contributed by atoms with E-state index in [2.05, 4.69) is 45.5 Å². The average Bonchev–Trinajstić information content (AvgIpc) is 2.85. The third-order valence-corrected chi connectivity index (χ3v) is 2.59. The highest BCUT2D eigenvalue weighted by atomic mass is 127. The zero-order valence-electron chi connectivity index (χ0n) is 6.84. The van der Waals surface area contributed by atoms with E-state index in [0.29, 0.717) is 0 Å². The van der Waals surface area contributed by atoms with Gasteiger partial charge in [-0.3, -0.25) is 0 Å². The van der Waals surface area contributed by atoms with Gasteiger partial charge < -0.3 is 4.74 Å². The second-order valence-electron chi connectivity index (χ2n) is 2.46. The molecular formula is C9H10IO2. The average molecular weight is 277 g/mol. The van der Waals surface area contributed by atoms with E-state index in [1.807, 2.05) is 0 Å². The summed E-state index contributed by atoms with van der Waals surface area (Å²) in [5.74, 6) is 0. The van der Waals surface area contributed by atoms with E-state index >= 15 is 0 Å². The molecule has 0 heterocycles. The van der Waals surface area contributed by atoms with Crippen LogP contribution in [0.2, 0.25) is 0 Å². The summed E-state index contributed by atoms with van der Waals surface area (Å²) in [4.78, 5) is 0. The van der Waals surface area contributed by atoms with Crippen molar-refractivity contribution in [3.05, 3.63) is 32.9 Å². The van der Waals surface area contributed by atoms with Crippen molar-refractivity contribution in [3.8, 4) is 0 Å². The standard InChI is InChI=1S/C7H5I.C2H5O2/c8-7-3-1-2-5-4-6(5)7;1-4-2-3/h1-3H,4H2;2H2,1H3. The van der Waals surface area contributed by atoms with Gasteiger partial charge in [-0.15, -0.1) is 0 Å². The predicted octanol–water partition coefficient (Wildman–Crippen LogP) is 2.22. The first-order chi connectivity index (χ1) is 5.79. The molecule has 65 valence electrons. The summed E-state index contributed by atoms with van der Waals surface area (Å²) in [7, 11) is 1.37. The van der Waals surface area contributed by atoms with Crippen LogP contribution in [0.1, 0.15) is 11.1 Å². The van der Waals surface area contributed by atoms with Crippen molar-refractivity contribution in [3.63, 3.8) is 0 Å². The van der Waals surface area contributed by atoms with Crippen LogP contribution < -0.4 is 0 Å². The molecule has 0 spiro atoms. The van der Waals surface area contributed by atoms with E-state index < -0.39 is 6.79 Å².